The minimum absolute atomic E-state index is 0.192. The number of nitrogens with one attached hydrogen (secondary N) is 2. The van der Waals surface area contributed by atoms with Gasteiger partial charge in [0.2, 0.25) is 0 Å². The Morgan fingerprint density at radius 3 is 2.86 bits per heavy atom. The predicted octanol–water partition coefficient (Wildman–Crippen LogP) is 2.08. The van der Waals surface area contributed by atoms with Crippen molar-refractivity contribution in [3.63, 3.8) is 0 Å². The first-order chi connectivity index (χ1) is 14.2. The number of fused-ring (bicyclic) bond motifs is 1. The van der Waals surface area contributed by atoms with Gasteiger partial charge in [-0.15, -0.1) is 0 Å². The number of rotatable bonds is 6. The van der Waals surface area contributed by atoms with Crippen molar-refractivity contribution in [2.45, 2.75) is 6.54 Å². The topological polar surface area (TPSA) is 115 Å². The number of aromatic nitrogens is 5. The van der Waals surface area contributed by atoms with E-state index in [0.29, 0.717) is 41.1 Å². The Balaban J connectivity index is 1.57. The van der Waals surface area contributed by atoms with Crippen molar-refractivity contribution in [1.82, 2.24) is 24.7 Å². The van der Waals surface area contributed by atoms with Crippen molar-refractivity contribution in [2.24, 2.45) is 0 Å². The molecule has 1 amide bonds. The van der Waals surface area contributed by atoms with E-state index in [1.54, 1.807) is 37.6 Å². The maximum atomic E-state index is 12.6. The number of aromatic amines is 1. The molecule has 0 saturated heterocycles. The van der Waals surface area contributed by atoms with Gasteiger partial charge in [0.05, 0.1) is 36.1 Å². The average molecular weight is 390 g/mol. The molecule has 0 unspecified atom stereocenters. The summed E-state index contributed by atoms with van der Waals surface area (Å²) in [6.45, 7) is 0.807. The normalized spacial score (nSPS) is 10.9. The van der Waals surface area contributed by atoms with Crippen LogP contribution in [0.15, 0.2) is 59.8 Å². The second-order valence-corrected chi connectivity index (χ2v) is 6.30. The van der Waals surface area contributed by atoms with E-state index in [9.17, 15) is 9.59 Å². The van der Waals surface area contributed by atoms with Crippen LogP contribution in [0.5, 0.6) is 0 Å². The lowest BCUT2D eigenvalue weighted by Crippen LogP contribution is -2.22. The third-order valence-corrected chi connectivity index (χ3v) is 4.37. The fourth-order valence-corrected chi connectivity index (χ4v) is 2.87. The summed E-state index contributed by atoms with van der Waals surface area (Å²) in [6, 6.07) is 12.1. The quantitative estimate of drug-likeness (QED) is 0.521. The highest BCUT2D eigenvalue weighted by Crippen LogP contribution is 2.17. The highest BCUT2D eigenvalue weighted by atomic mass is 16.5. The molecule has 146 valence electrons. The van der Waals surface area contributed by atoms with E-state index < -0.39 is 0 Å². The van der Waals surface area contributed by atoms with E-state index in [1.807, 2.05) is 18.2 Å². The molecular formula is C20H18N6O3. The molecule has 0 saturated carbocycles. The largest absolute Gasteiger partial charge is 0.383 e. The van der Waals surface area contributed by atoms with Gasteiger partial charge in [0.15, 0.2) is 0 Å². The predicted molar refractivity (Wildman–Crippen MR) is 108 cm³/mol. The summed E-state index contributed by atoms with van der Waals surface area (Å²) in [5, 5.41) is 10.0. The molecule has 0 aliphatic heterocycles. The molecule has 29 heavy (non-hydrogen) atoms. The highest BCUT2D eigenvalue weighted by Gasteiger charge is 2.13. The van der Waals surface area contributed by atoms with Crippen molar-refractivity contribution in [3.05, 3.63) is 71.0 Å². The molecule has 4 rings (SSSR count). The molecule has 0 aliphatic carbocycles. The Labute approximate surface area is 165 Å². The Morgan fingerprint density at radius 2 is 2.07 bits per heavy atom. The summed E-state index contributed by atoms with van der Waals surface area (Å²) in [7, 11) is 1.57. The number of hydrogen-bond donors (Lipinski definition) is 2. The van der Waals surface area contributed by atoms with Gasteiger partial charge in [-0.2, -0.15) is 5.10 Å². The number of carbonyl (C=O) groups excluding carboxylic acids is 1. The SMILES string of the molecule is COCCn1cnc2ccc(NC(=O)c3cc(-c4ccccn4)n[nH]3)cc2c1=O. The van der Waals surface area contributed by atoms with Crippen LogP contribution >= 0.6 is 0 Å². The third-order valence-electron chi connectivity index (χ3n) is 4.37. The summed E-state index contributed by atoms with van der Waals surface area (Å²) in [5.74, 6) is -0.373. The molecular weight excluding hydrogens is 372 g/mol. The van der Waals surface area contributed by atoms with Gasteiger partial charge in [-0.1, -0.05) is 6.07 Å². The van der Waals surface area contributed by atoms with E-state index >= 15 is 0 Å². The summed E-state index contributed by atoms with van der Waals surface area (Å²) in [4.78, 5) is 33.7. The minimum atomic E-state index is -0.373. The van der Waals surface area contributed by atoms with Gasteiger partial charge >= 0.3 is 0 Å². The van der Waals surface area contributed by atoms with Gasteiger partial charge in [-0.25, -0.2) is 4.98 Å². The molecule has 1 aromatic carbocycles. The fraction of sp³-hybridized carbons (Fsp3) is 0.150. The number of benzene rings is 1. The third kappa shape index (κ3) is 3.90. The van der Waals surface area contributed by atoms with Gasteiger partial charge in [-0.3, -0.25) is 24.2 Å². The highest BCUT2D eigenvalue weighted by molar-refractivity contribution is 6.04. The van der Waals surface area contributed by atoms with E-state index in [1.165, 1.54) is 10.9 Å². The lowest BCUT2D eigenvalue weighted by Gasteiger charge is -2.08. The van der Waals surface area contributed by atoms with E-state index in [-0.39, 0.29) is 17.2 Å². The molecule has 0 atom stereocenters. The fourth-order valence-electron chi connectivity index (χ4n) is 2.87. The van der Waals surface area contributed by atoms with Gasteiger partial charge in [-0.05, 0) is 36.4 Å². The zero-order valence-corrected chi connectivity index (χ0v) is 15.6. The van der Waals surface area contributed by atoms with Crippen molar-refractivity contribution >= 4 is 22.5 Å². The Morgan fingerprint density at radius 1 is 1.17 bits per heavy atom. The number of carbonyl (C=O) groups is 1. The molecule has 9 heteroatoms. The maximum Gasteiger partial charge on any atom is 0.273 e. The first-order valence-corrected chi connectivity index (χ1v) is 8.92. The number of amides is 1. The van der Waals surface area contributed by atoms with Crippen molar-refractivity contribution in [1.29, 1.82) is 0 Å². The van der Waals surface area contributed by atoms with Crippen LogP contribution in [0, 0.1) is 0 Å². The first-order valence-electron chi connectivity index (χ1n) is 8.92. The molecule has 0 fully saturated rings. The second-order valence-electron chi connectivity index (χ2n) is 6.30. The molecule has 4 aromatic rings. The standard InChI is InChI=1S/C20H18N6O3/c1-29-9-8-26-12-22-15-6-5-13(10-14(15)20(26)28)23-19(27)18-11-17(24-25-18)16-4-2-3-7-21-16/h2-7,10-12H,8-9H2,1H3,(H,23,27)(H,24,25). The molecule has 0 bridgehead atoms. The van der Waals surface area contributed by atoms with Crippen LogP contribution in [0.2, 0.25) is 0 Å². The van der Waals surface area contributed by atoms with Crippen LogP contribution in [-0.2, 0) is 11.3 Å². The van der Waals surface area contributed by atoms with E-state index in [2.05, 4.69) is 25.5 Å². The Kier molecular flexibility index (Phi) is 5.12. The number of pyridine rings is 1. The van der Waals surface area contributed by atoms with Crippen LogP contribution < -0.4 is 10.9 Å². The summed E-state index contributed by atoms with van der Waals surface area (Å²) in [5.41, 5.74) is 2.37. The van der Waals surface area contributed by atoms with E-state index in [4.69, 9.17) is 4.74 Å². The zero-order chi connectivity index (χ0) is 20.2. The van der Waals surface area contributed by atoms with E-state index in [0.717, 1.165) is 0 Å². The Bertz CT molecular complexity index is 1220. The monoisotopic (exact) mass is 390 g/mol. The molecule has 2 N–H and O–H groups in total. The number of hydrogen-bond acceptors (Lipinski definition) is 6. The molecule has 3 heterocycles. The first kappa shape index (κ1) is 18.5. The number of nitrogens with zero attached hydrogens (tertiary/aromatic N) is 4. The maximum absolute atomic E-state index is 12.6. The number of ether oxygens (including phenoxy) is 1. The smallest absolute Gasteiger partial charge is 0.273 e. The van der Waals surface area contributed by atoms with Crippen LogP contribution in [0.25, 0.3) is 22.3 Å². The lowest BCUT2D eigenvalue weighted by atomic mass is 10.2. The van der Waals surface area contributed by atoms with Gasteiger partial charge in [0, 0.05) is 19.0 Å². The molecule has 9 nitrogen and oxygen atoms in total. The second kappa shape index (κ2) is 8.03. The van der Waals surface area contributed by atoms with Crippen molar-refractivity contribution < 1.29 is 9.53 Å². The Hall–Kier alpha value is -3.85. The van der Waals surface area contributed by atoms with Crippen LogP contribution in [-0.4, -0.2) is 44.4 Å². The average Bonchev–Trinajstić information content (AvgIpc) is 3.25. The summed E-state index contributed by atoms with van der Waals surface area (Å²) >= 11 is 0. The van der Waals surface area contributed by atoms with Crippen molar-refractivity contribution in [3.8, 4) is 11.4 Å². The van der Waals surface area contributed by atoms with Crippen LogP contribution in [0.4, 0.5) is 5.69 Å². The number of H-pyrrole nitrogens is 1. The van der Waals surface area contributed by atoms with Gasteiger partial charge in [0.1, 0.15) is 11.4 Å². The number of anilines is 1. The van der Waals surface area contributed by atoms with Gasteiger partial charge in [0.25, 0.3) is 11.5 Å². The van der Waals surface area contributed by atoms with Crippen LogP contribution in [0.3, 0.4) is 0 Å². The minimum Gasteiger partial charge on any atom is -0.383 e. The molecule has 0 aliphatic rings. The number of methoxy groups -OCH3 is 1. The molecule has 0 radical (unpaired) electrons. The lowest BCUT2D eigenvalue weighted by molar-refractivity contribution is 0.102. The summed E-state index contributed by atoms with van der Waals surface area (Å²) in [6.07, 6.45) is 3.15. The molecule has 3 aromatic heterocycles. The van der Waals surface area contributed by atoms with Gasteiger partial charge < -0.3 is 10.1 Å². The molecule has 0 spiro atoms. The van der Waals surface area contributed by atoms with Crippen molar-refractivity contribution in [2.75, 3.05) is 19.0 Å². The summed E-state index contributed by atoms with van der Waals surface area (Å²) < 4.78 is 6.49. The van der Waals surface area contributed by atoms with Crippen LogP contribution in [0.1, 0.15) is 10.5 Å². The zero-order valence-electron chi connectivity index (χ0n) is 15.6.